The molecule has 0 radical (unpaired) electrons. The Kier molecular flexibility index (Phi) is 7.52. The first-order chi connectivity index (χ1) is 16.2. The van der Waals surface area contributed by atoms with Gasteiger partial charge in [0.15, 0.2) is 13.6 Å². The summed E-state index contributed by atoms with van der Waals surface area (Å²) in [5.41, 5.74) is 4.63. The Bertz CT molecular complexity index is 1100. The van der Waals surface area contributed by atoms with Crippen molar-refractivity contribution in [2.75, 3.05) is 34.9 Å². The van der Waals surface area contributed by atoms with E-state index in [1.165, 1.54) is 31.9 Å². The van der Waals surface area contributed by atoms with Crippen molar-refractivity contribution in [3.8, 4) is 22.8 Å². The third-order valence-electron chi connectivity index (χ3n) is 6.17. The highest BCUT2D eigenvalue weighted by molar-refractivity contribution is 5.98. The number of methoxy groups -OCH3 is 3. The van der Waals surface area contributed by atoms with Crippen LogP contribution >= 0.6 is 0 Å². The number of rotatable bonds is 9. The zero-order chi connectivity index (χ0) is 23.2. The predicted octanol–water partition coefficient (Wildman–Crippen LogP) is 5.63. The van der Waals surface area contributed by atoms with Crippen LogP contribution in [0.3, 0.4) is 0 Å². The van der Waals surface area contributed by atoms with Gasteiger partial charge >= 0.3 is 5.97 Å². The summed E-state index contributed by atoms with van der Waals surface area (Å²) in [6, 6.07) is 11.5. The third kappa shape index (κ3) is 4.99. The second-order valence-corrected chi connectivity index (χ2v) is 8.26. The number of carbonyl (C=O) groups is 1. The molecule has 1 aliphatic rings. The lowest BCUT2D eigenvalue weighted by Gasteiger charge is -2.23. The number of benzene rings is 2. The van der Waals surface area contributed by atoms with Crippen LogP contribution in [0.1, 0.15) is 53.9 Å². The molecule has 4 rings (SSSR count). The van der Waals surface area contributed by atoms with Crippen molar-refractivity contribution in [3.05, 3.63) is 47.5 Å². The molecule has 1 aromatic heterocycles. The average molecular weight is 454 g/mol. The fourth-order valence-electron chi connectivity index (χ4n) is 4.66. The molecule has 33 heavy (non-hydrogen) atoms. The summed E-state index contributed by atoms with van der Waals surface area (Å²) in [5.74, 6) is 1.39. The van der Waals surface area contributed by atoms with Crippen molar-refractivity contribution in [1.82, 2.24) is 4.98 Å². The molecular formula is C26H31NO6. The predicted molar refractivity (Wildman–Crippen MR) is 126 cm³/mol. The molecule has 2 aromatic carbocycles. The van der Waals surface area contributed by atoms with Crippen molar-refractivity contribution >= 4 is 16.9 Å². The molecule has 0 aliphatic heterocycles. The fraction of sp³-hybridized carbons (Fsp3) is 0.423. The zero-order valence-corrected chi connectivity index (χ0v) is 19.4. The van der Waals surface area contributed by atoms with Crippen LogP contribution < -0.4 is 9.47 Å². The van der Waals surface area contributed by atoms with Gasteiger partial charge in [-0.05, 0) is 48.6 Å². The lowest BCUT2D eigenvalue weighted by Crippen LogP contribution is -2.07. The third-order valence-corrected chi connectivity index (χ3v) is 6.17. The molecule has 176 valence electrons. The molecule has 1 heterocycles. The minimum absolute atomic E-state index is 0.117. The minimum atomic E-state index is -0.351. The number of H-pyrrole nitrogens is 1. The fourth-order valence-corrected chi connectivity index (χ4v) is 4.66. The first kappa shape index (κ1) is 23.1. The Morgan fingerprint density at radius 3 is 2.42 bits per heavy atom. The van der Waals surface area contributed by atoms with E-state index in [0.717, 1.165) is 35.0 Å². The lowest BCUT2D eigenvalue weighted by molar-refractivity contribution is 0.0463. The van der Waals surface area contributed by atoms with E-state index in [4.69, 9.17) is 23.7 Å². The monoisotopic (exact) mass is 453 g/mol. The molecule has 0 atom stereocenters. The number of esters is 1. The number of carbonyl (C=O) groups excluding carboxylic acids is 1. The lowest BCUT2D eigenvalue weighted by atomic mass is 9.81. The van der Waals surface area contributed by atoms with Gasteiger partial charge in [0, 0.05) is 36.8 Å². The van der Waals surface area contributed by atoms with Gasteiger partial charge in [-0.15, -0.1) is 0 Å². The Morgan fingerprint density at radius 2 is 1.70 bits per heavy atom. The van der Waals surface area contributed by atoms with E-state index >= 15 is 0 Å². The molecule has 7 heteroatoms. The van der Waals surface area contributed by atoms with Crippen molar-refractivity contribution in [2.45, 2.75) is 38.0 Å². The maximum Gasteiger partial charge on any atom is 0.337 e. The Balaban J connectivity index is 1.86. The summed E-state index contributed by atoms with van der Waals surface area (Å²) in [4.78, 5) is 15.7. The summed E-state index contributed by atoms with van der Waals surface area (Å²) in [7, 11) is 4.57. The molecule has 1 N–H and O–H groups in total. The van der Waals surface area contributed by atoms with Crippen LogP contribution in [0.15, 0.2) is 36.4 Å². The number of ether oxygens (including phenoxy) is 5. The van der Waals surface area contributed by atoms with Gasteiger partial charge < -0.3 is 28.7 Å². The SMILES string of the molecule is COCOc1ccc(-c2[nH]c3cc(C(=O)OC)ccc3c2C2CCCCC2)c(OCOC)c1. The van der Waals surface area contributed by atoms with Crippen LogP contribution in [-0.4, -0.2) is 45.9 Å². The molecule has 0 amide bonds. The highest BCUT2D eigenvalue weighted by Crippen LogP contribution is 2.45. The van der Waals surface area contributed by atoms with Crippen LogP contribution in [-0.2, 0) is 14.2 Å². The molecule has 0 bridgehead atoms. The standard InChI is InChI=1S/C26H31NO6/c1-29-15-32-19-10-12-21(23(14-19)33-16-30-2)25-24(17-7-5-4-6-8-17)20-11-9-18(26(28)31-3)13-22(20)27-25/h9-14,17,27H,4-8,15-16H2,1-3H3. The van der Waals surface area contributed by atoms with Gasteiger partial charge in [0.1, 0.15) is 11.5 Å². The van der Waals surface area contributed by atoms with Crippen molar-refractivity contribution in [2.24, 2.45) is 0 Å². The quantitative estimate of drug-likeness (QED) is 0.334. The van der Waals surface area contributed by atoms with Gasteiger partial charge in [0.25, 0.3) is 0 Å². The van der Waals surface area contributed by atoms with E-state index in [-0.39, 0.29) is 19.6 Å². The van der Waals surface area contributed by atoms with Crippen LogP contribution in [0.4, 0.5) is 0 Å². The van der Waals surface area contributed by atoms with Crippen molar-refractivity contribution in [3.63, 3.8) is 0 Å². The number of aromatic nitrogens is 1. The van der Waals surface area contributed by atoms with Crippen LogP contribution in [0, 0.1) is 0 Å². The van der Waals surface area contributed by atoms with Gasteiger partial charge in [-0.1, -0.05) is 25.3 Å². The van der Waals surface area contributed by atoms with Crippen LogP contribution in [0.2, 0.25) is 0 Å². The van der Waals surface area contributed by atoms with Crippen molar-refractivity contribution < 1.29 is 28.5 Å². The molecule has 0 spiro atoms. The zero-order valence-electron chi connectivity index (χ0n) is 19.4. The first-order valence-electron chi connectivity index (χ1n) is 11.3. The summed E-state index contributed by atoms with van der Waals surface area (Å²) in [6.45, 7) is 0.269. The van der Waals surface area contributed by atoms with E-state index in [0.29, 0.717) is 23.0 Å². The van der Waals surface area contributed by atoms with Gasteiger partial charge in [-0.25, -0.2) is 4.79 Å². The number of hydrogen-bond acceptors (Lipinski definition) is 6. The molecule has 1 fully saturated rings. The van der Waals surface area contributed by atoms with E-state index in [1.807, 2.05) is 36.4 Å². The normalized spacial score (nSPS) is 14.4. The van der Waals surface area contributed by atoms with Crippen LogP contribution in [0.25, 0.3) is 22.2 Å². The molecule has 1 aliphatic carbocycles. The summed E-state index contributed by atoms with van der Waals surface area (Å²) in [5, 5.41) is 1.13. The number of aromatic amines is 1. The molecule has 0 saturated heterocycles. The van der Waals surface area contributed by atoms with E-state index in [1.54, 1.807) is 14.2 Å². The van der Waals surface area contributed by atoms with Gasteiger partial charge in [0.2, 0.25) is 0 Å². The number of nitrogens with one attached hydrogen (secondary N) is 1. The molecule has 1 saturated carbocycles. The van der Waals surface area contributed by atoms with E-state index in [2.05, 4.69) is 4.98 Å². The van der Waals surface area contributed by atoms with Crippen molar-refractivity contribution in [1.29, 1.82) is 0 Å². The topological polar surface area (TPSA) is 79.0 Å². The van der Waals surface area contributed by atoms with Gasteiger partial charge in [-0.2, -0.15) is 0 Å². The van der Waals surface area contributed by atoms with E-state index in [9.17, 15) is 4.79 Å². The largest absolute Gasteiger partial charge is 0.467 e. The number of hydrogen-bond donors (Lipinski definition) is 1. The maximum absolute atomic E-state index is 12.1. The summed E-state index contributed by atoms with van der Waals surface area (Å²) >= 11 is 0. The maximum atomic E-state index is 12.1. The van der Waals surface area contributed by atoms with Gasteiger partial charge in [0.05, 0.1) is 18.4 Å². The Hall–Kier alpha value is -3.03. The summed E-state index contributed by atoms with van der Waals surface area (Å²) in [6.07, 6.45) is 5.99. The Labute approximate surface area is 193 Å². The van der Waals surface area contributed by atoms with Gasteiger partial charge in [-0.3, -0.25) is 0 Å². The second kappa shape index (κ2) is 10.7. The van der Waals surface area contributed by atoms with Crippen LogP contribution in [0.5, 0.6) is 11.5 Å². The van der Waals surface area contributed by atoms with E-state index < -0.39 is 0 Å². The molecule has 3 aromatic rings. The number of fused-ring (bicyclic) bond motifs is 1. The smallest absolute Gasteiger partial charge is 0.337 e. The second-order valence-electron chi connectivity index (χ2n) is 8.26. The molecule has 0 unspecified atom stereocenters. The minimum Gasteiger partial charge on any atom is -0.467 e. The Morgan fingerprint density at radius 1 is 0.939 bits per heavy atom. The molecular weight excluding hydrogens is 422 g/mol. The highest BCUT2D eigenvalue weighted by Gasteiger charge is 2.26. The highest BCUT2D eigenvalue weighted by atomic mass is 16.7. The molecule has 7 nitrogen and oxygen atoms in total. The summed E-state index contributed by atoms with van der Waals surface area (Å²) < 4.78 is 26.7. The first-order valence-corrected chi connectivity index (χ1v) is 11.3. The average Bonchev–Trinajstić information content (AvgIpc) is 3.24.